The van der Waals surface area contributed by atoms with Crippen molar-refractivity contribution in [1.82, 2.24) is 14.6 Å². The van der Waals surface area contributed by atoms with Crippen LogP contribution >= 0.6 is 11.3 Å². The van der Waals surface area contributed by atoms with Crippen LogP contribution in [0.4, 0.5) is 0 Å². The second kappa shape index (κ2) is 7.83. The van der Waals surface area contributed by atoms with Gasteiger partial charge in [0.25, 0.3) is 5.56 Å². The zero-order chi connectivity index (χ0) is 22.3. The Morgan fingerprint density at radius 1 is 1.03 bits per heavy atom. The number of fused-ring (bicyclic) bond motifs is 1. The molecule has 32 heavy (non-hydrogen) atoms. The van der Waals surface area contributed by atoms with Crippen molar-refractivity contribution in [3.63, 3.8) is 0 Å². The number of hydrogen-bond acceptors (Lipinski definition) is 7. The molecule has 0 aliphatic heterocycles. The average molecular weight is 465 g/mol. The van der Waals surface area contributed by atoms with E-state index < -0.39 is 10.0 Å². The molecule has 0 bridgehead atoms. The predicted molar refractivity (Wildman–Crippen MR) is 121 cm³/mol. The molecule has 0 atom stereocenters. The third-order valence-corrected chi connectivity index (χ3v) is 6.69. The molecule has 0 unspecified atom stereocenters. The van der Waals surface area contributed by atoms with E-state index in [4.69, 9.17) is 9.56 Å². The molecular weight excluding hydrogens is 448 g/mol. The van der Waals surface area contributed by atoms with E-state index in [1.165, 1.54) is 28.0 Å². The third-order valence-electron chi connectivity index (χ3n) is 4.80. The maximum absolute atomic E-state index is 12.7. The molecule has 0 saturated carbocycles. The van der Waals surface area contributed by atoms with Crippen LogP contribution in [0, 0.1) is 0 Å². The van der Waals surface area contributed by atoms with Crippen LogP contribution < -0.4 is 15.2 Å². The van der Waals surface area contributed by atoms with Crippen molar-refractivity contribution in [2.45, 2.75) is 11.3 Å². The van der Waals surface area contributed by atoms with Gasteiger partial charge in [-0.05, 0) is 42.0 Å². The summed E-state index contributed by atoms with van der Waals surface area (Å²) >= 11 is 1.24. The number of sulfonamides is 1. The van der Waals surface area contributed by atoms with E-state index >= 15 is 0 Å². The molecule has 0 aliphatic rings. The van der Waals surface area contributed by atoms with E-state index in [-0.39, 0.29) is 10.5 Å². The third kappa shape index (κ3) is 3.98. The highest BCUT2D eigenvalue weighted by molar-refractivity contribution is 7.89. The first kappa shape index (κ1) is 20.3. The second-order valence-electron chi connectivity index (χ2n) is 7.07. The monoisotopic (exact) mass is 464 g/mol. The highest BCUT2D eigenvalue weighted by Gasteiger charge is 2.12. The fourth-order valence-electron chi connectivity index (χ4n) is 3.25. The summed E-state index contributed by atoms with van der Waals surface area (Å²) in [7, 11) is -3.75. The van der Waals surface area contributed by atoms with Crippen molar-refractivity contribution >= 4 is 32.4 Å². The summed E-state index contributed by atoms with van der Waals surface area (Å²) in [4.78, 5) is 17.8. The minimum absolute atomic E-state index is 0.0247. The molecular formula is C22H16N4O4S2. The zero-order valence-electron chi connectivity index (χ0n) is 16.5. The molecule has 3 heterocycles. The number of thiazole rings is 1. The number of rotatable bonds is 5. The quantitative estimate of drug-likeness (QED) is 0.426. The minimum atomic E-state index is -3.75. The van der Waals surface area contributed by atoms with E-state index in [2.05, 4.69) is 10.1 Å². The van der Waals surface area contributed by atoms with E-state index in [0.29, 0.717) is 38.8 Å². The lowest BCUT2D eigenvalue weighted by Gasteiger charge is -2.00. The minimum Gasteiger partial charge on any atom is -0.457 e. The summed E-state index contributed by atoms with van der Waals surface area (Å²) in [5.41, 5.74) is 1.50. The maximum Gasteiger partial charge on any atom is 0.291 e. The van der Waals surface area contributed by atoms with Gasteiger partial charge in [-0.15, -0.1) is 5.10 Å². The molecule has 0 saturated heterocycles. The molecule has 160 valence electrons. The lowest BCUT2D eigenvalue weighted by Crippen LogP contribution is -2.23. The van der Waals surface area contributed by atoms with E-state index in [9.17, 15) is 13.2 Å². The molecule has 0 fully saturated rings. The van der Waals surface area contributed by atoms with E-state index in [1.807, 2.05) is 30.3 Å². The number of aromatic nitrogens is 3. The van der Waals surface area contributed by atoms with Gasteiger partial charge in [-0.2, -0.15) is 4.52 Å². The highest BCUT2D eigenvalue weighted by atomic mass is 32.2. The molecule has 2 N–H and O–H groups in total. The summed E-state index contributed by atoms with van der Waals surface area (Å²) in [6.45, 7) is 0. The summed E-state index contributed by atoms with van der Waals surface area (Å²) in [6, 6.07) is 19.4. The van der Waals surface area contributed by atoms with Crippen molar-refractivity contribution in [3.8, 4) is 11.3 Å². The summed E-state index contributed by atoms with van der Waals surface area (Å²) < 4.78 is 30.4. The fourth-order valence-corrected chi connectivity index (χ4v) is 4.67. The molecule has 8 nitrogen and oxygen atoms in total. The highest BCUT2D eigenvalue weighted by Crippen LogP contribution is 2.23. The molecule has 0 amide bonds. The fraction of sp³-hybridized carbons (Fsp3) is 0.0455. The van der Waals surface area contributed by atoms with Gasteiger partial charge in [0.1, 0.15) is 16.1 Å². The molecule has 10 heteroatoms. The Labute approximate surface area is 186 Å². The van der Waals surface area contributed by atoms with E-state index in [1.54, 1.807) is 30.3 Å². The van der Waals surface area contributed by atoms with Crippen molar-refractivity contribution in [1.29, 1.82) is 0 Å². The summed E-state index contributed by atoms with van der Waals surface area (Å²) in [5, 5.41) is 9.47. The van der Waals surface area contributed by atoms with Gasteiger partial charge in [-0.1, -0.05) is 41.7 Å². The molecule has 5 rings (SSSR count). The van der Waals surface area contributed by atoms with Crippen molar-refractivity contribution < 1.29 is 12.8 Å². The molecule has 3 aromatic heterocycles. The SMILES string of the molecule is NS(=O)(=O)c1ccc(-c2ccc(/C=c3/sc4nc(Cc5ccccc5)nn4c3=O)o2)cc1. The number of nitrogens with two attached hydrogens (primary N) is 1. The second-order valence-corrected chi connectivity index (χ2v) is 9.64. The van der Waals surface area contributed by atoms with Gasteiger partial charge in [0.15, 0.2) is 5.82 Å². The van der Waals surface area contributed by atoms with E-state index in [0.717, 1.165) is 5.56 Å². The molecule has 0 aliphatic carbocycles. The van der Waals surface area contributed by atoms with Crippen LogP contribution in [0.25, 0.3) is 22.4 Å². The molecule has 0 spiro atoms. The van der Waals surface area contributed by atoms with Crippen LogP contribution in [0.3, 0.4) is 0 Å². The smallest absolute Gasteiger partial charge is 0.291 e. The number of hydrogen-bond donors (Lipinski definition) is 1. The lowest BCUT2D eigenvalue weighted by molar-refractivity contribution is 0.571. The van der Waals surface area contributed by atoms with Crippen LogP contribution in [0.5, 0.6) is 0 Å². The van der Waals surface area contributed by atoms with Crippen LogP contribution in [0.1, 0.15) is 17.1 Å². The van der Waals surface area contributed by atoms with Crippen molar-refractivity contribution in [2.24, 2.45) is 5.14 Å². The van der Waals surface area contributed by atoms with Gasteiger partial charge in [0.05, 0.1) is 4.90 Å². The Bertz CT molecular complexity index is 1630. The Kier molecular flexibility index (Phi) is 4.97. The van der Waals surface area contributed by atoms with Gasteiger partial charge in [0.2, 0.25) is 15.0 Å². The lowest BCUT2D eigenvalue weighted by atomic mass is 10.1. The molecule has 0 radical (unpaired) electrons. The number of primary sulfonamides is 1. The first-order valence-electron chi connectivity index (χ1n) is 9.54. The standard InChI is InChI=1S/C22H16N4O4S2/c23-32(28,29)17-9-6-15(7-10-17)18-11-8-16(30-18)13-19-21(27)26-22(31-19)24-20(25-26)12-14-4-2-1-3-5-14/h1-11,13H,12H2,(H2,23,28,29)/b19-13+. The number of nitrogens with zero attached hydrogens (tertiary/aromatic N) is 3. The number of furan rings is 1. The first-order chi connectivity index (χ1) is 15.4. The topological polar surface area (TPSA) is 121 Å². The zero-order valence-corrected chi connectivity index (χ0v) is 18.1. The Morgan fingerprint density at radius 3 is 2.47 bits per heavy atom. The Balaban J connectivity index is 1.42. The van der Waals surface area contributed by atoms with Gasteiger partial charge in [-0.3, -0.25) is 4.79 Å². The molecule has 2 aromatic carbocycles. The van der Waals surface area contributed by atoms with Crippen LogP contribution in [0.2, 0.25) is 0 Å². The largest absolute Gasteiger partial charge is 0.457 e. The molecule has 5 aromatic rings. The predicted octanol–water partition coefficient (Wildman–Crippen LogP) is 2.20. The van der Waals surface area contributed by atoms with Crippen molar-refractivity contribution in [2.75, 3.05) is 0 Å². The normalized spacial score (nSPS) is 12.6. The average Bonchev–Trinajstić information content (AvgIpc) is 3.46. The van der Waals surface area contributed by atoms with Gasteiger partial charge in [0, 0.05) is 18.1 Å². The van der Waals surface area contributed by atoms with Crippen molar-refractivity contribution in [3.05, 3.63) is 98.8 Å². The number of benzene rings is 2. The Morgan fingerprint density at radius 2 is 1.78 bits per heavy atom. The van der Waals surface area contributed by atoms with Crippen LogP contribution in [-0.2, 0) is 16.4 Å². The summed E-state index contributed by atoms with van der Waals surface area (Å²) in [6.07, 6.45) is 2.20. The van der Waals surface area contributed by atoms with Gasteiger partial charge in [-0.25, -0.2) is 18.5 Å². The van der Waals surface area contributed by atoms with Gasteiger partial charge >= 0.3 is 0 Å². The summed E-state index contributed by atoms with van der Waals surface area (Å²) in [5.74, 6) is 1.62. The van der Waals surface area contributed by atoms with Gasteiger partial charge < -0.3 is 4.42 Å². The first-order valence-corrected chi connectivity index (χ1v) is 11.9. The van der Waals surface area contributed by atoms with Crippen LogP contribution in [-0.4, -0.2) is 23.0 Å². The Hall–Kier alpha value is -3.60. The van der Waals surface area contributed by atoms with Crippen LogP contribution in [0.15, 0.2) is 80.8 Å². The maximum atomic E-state index is 12.7.